The van der Waals surface area contributed by atoms with Crippen molar-refractivity contribution in [3.63, 3.8) is 0 Å². The van der Waals surface area contributed by atoms with Crippen molar-refractivity contribution in [2.75, 3.05) is 6.54 Å². The van der Waals surface area contributed by atoms with Crippen LogP contribution in [0.5, 0.6) is 0 Å². The van der Waals surface area contributed by atoms with Gasteiger partial charge in [-0.05, 0) is 50.3 Å². The zero-order valence-corrected chi connectivity index (χ0v) is 12.1. The lowest BCUT2D eigenvalue weighted by atomic mass is 9.94. The van der Waals surface area contributed by atoms with Gasteiger partial charge in [0.1, 0.15) is 0 Å². The minimum Gasteiger partial charge on any atom is -0.310 e. The van der Waals surface area contributed by atoms with Crippen LogP contribution >= 0.6 is 22.9 Å². The van der Waals surface area contributed by atoms with Gasteiger partial charge in [-0.25, -0.2) is 0 Å². The lowest BCUT2D eigenvalue weighted by Crippen LogP contribution is -2.25. The summed E-state index contributed by atoms with van der Waals surface area (Å²) in [6, 6.07) is 2.26. The Bertz CT molecular complexity index is 417. The van der Waals surface area contributed by atoms with E-state index in [0.717, 1.165) is 23.6 Å². The van der Waals surface area contributed by atoms with Crippen molar-refractivity contribution in [2.24, 2.45) is 0 Å². The van der Waals surface area contributed by atoms with Gasteiger partial charge in [0.25, 0.3) is 0 Å². The van der Waals surface area contributed by atoms with Gasteiger partial charge in [0.05, 0.1) is 4.34 Å². The summed E-state index contributed by atoms with van der Waals surface area (Å²) in [7, 11) is 0. The van der Waals surface area contributed by atoms with Crippen molar-refractivity contribution in [2.45, 2.75) is 50.7 Å². The quantitative estimate of drug-likeness (QED) is 0.746. The first kappa shape index (κ1) is 15.1. The van der Waals surface area contributed by atoms with Crippen LogP contribution in [0.4, 0.5) is 13.2 Å². The Hall–Kier alpha value is -0.260. The van der Waals surface area contributed by atoms with E-state index in [1.807, 2.05) is 6.07 Å². The van der Waals surface area contributed by atoms with E-state index in [4.69, 9.17) is 11.6 Å². The molecule has 108 valence electrons. The predicted octanol–water partition coefficient (Wildman–Crippen LogP) is 5.10. The highest BCUT2D eigenvalue weighted by molar-refractivity contribution is 7.16. The molecule has 1 nitrogen and oxygen atoms in total. The average molecular weight is 312 g/mol. The molecule has 2 rings (SSSR count). The number of rotatable bonds is 5. The largest absolute Gasteiger partial charge is 0.389 e. The molecule has 0 fully saturated rings. The number of fused-ring (bicyclic) bond motifs is 1. The molecule has 0 aromatic carbocycles. The first-order valence-electron chi connectivity index (χ1n) is 6.54. The molecule has 0 saturated heterocycles. The molecule has 1 N–H and O–H groups in total. The van der Waals surface area contributed by atoms with Gasteiger partial charge < -0.3 is 5.32 Å². The smallest absolute Gasteiger partial charge is 0.310 e. The van der Waals surface area contributed by atoms with Crippen molar-refractivity contribution in [3.8, 4) is 0 Å². The summed E-state index contributed by atoms with van der Waals surface area (Å²) in [5.41, 5.74) is 1.25. The Kier molecular flexibility index (Phi) is 5.15. The molecule has 0 spiro atoms. The van der Waals surface area contributed by atoms with Gasteiger partial charge in [0.15, 0.2) is 0 Å². The molecule has 1 unspecified atom stereocenters. The number of aryl methyl sites for hydroxylation is 1. The van der Waals surface area contributed by atoms with Crippen molar-refractivity contribution in [1.29, 1.82) is 0 Å². The molecule has 0 radical (unpaired) electrons. The van der Waals surface area contributed by atoms with Crippen LogP contribution in [0.3, 0.4) is 0 Å². The molecule has 19 heavy (non-hydrogen) atoms. The zero-order chi connectivity index (χ0) is 13.9. The standard InChI is InChI=1S/C13H17ClF3NS/c14-12-8-9-10(4-3-5-11(9)19-12)18-7-2-1-6-13(15,16)17/h8,10,18H,1-7H2. The van der Waals surface area contributed by atoms with Gasteiger partial charge >= 0.3 is 6.18 Å². The Morgan fingerprint density at radius 1 is 1.37 bits per heavy atom. The van der Waals surface area contributed by atoms with Crippen LogP contribution in [0, 0.1) is 0 Å². The van der Waals surface area contributed by atoms with E-state index in [-0.39, 0.29) is 12.5 Å². The van der Waals surface area contributed by atoms with Gasteiger partial charge in [-0.15, -0.1) is 11.3 Å². The number of unbranched alkanes of at least 4 members (excludes halogenated alkanes) is 1. The second kappa shape index (κ2) is 6.46. The summed E-state index contributed by atoms with van der Waals surface area (Å²) in [5.74, 6) is 0. The minimum absolute atomic E-state index is 0.195. The average Bonchev–Trinajstić information content (AvgIpc) is 2.68. The zero-order valence-electron chi connectivity index (χ0n) is 10.5. The van der Waals surface area contributed by atoms with Crippen LogP contribution in [0.15, 0.2) is 6.07 Å². The van der Waals surface area contributed by atoms with E-state index >= 15 is 0 Å². The highest BCUT2D eigenvalue weighted by atomic mass is 35.5. The molecule has 0 saturated carbocycles. The third-order valence-corrected chi connectivity index (χ3v) is 4.70. The molecule has 1 aliphatic rings. The fraction of sp³-hybridized carbons (Fsp3) is 0.692. The highest BCUT2D eigenvalue weighted by Crippen LogP contribution is 2.37. The number of hydrogen-bond donors (Lipinski definition) is 1. The molecule has 1 aromatic rings. The van der Waals surface area contributed by atoms with Crippen LogP contribution in [0.1, 0.15) is 48.6 Å². The summed E-state index contributed by atoms with van der Waals surface area (Å²) in [6.45, 7) is 0.633. The van der Waals surface area contributed by atoms with Gasteiger partial charge in [-0.2, -0.15) is 13.2 Å². The maximum Gasteiger partial charge on any atom is 0.389 e. The maximum atomic E-state index is 12.0. The number of halogens is 4. The van der Waals surface area contributed by atoms with Crippen molar-refractivity contribution < 1.29 is 13.2 Å². The van der Waals surface area contributed by atoms with Crippen molar-refractivity contribution >= 4 is 22.9 Å². The Morgan fingerprint density at radius 3 is 2.89 bits per heavy atom. The van der Waals surface area contributed by atoms with Crippen molar-refractivity contribution in [1.82, 2.24) is 5.32 Å². The third kappa shape index (κ3) is 4.65. The Morgan fingerprint density at radius 2 is 2.16 bits per heavy atom. The van der Waals surface area contributed by atoms with E-state index in [2.05, 4.69) is 5.32 Å². The molecule has 0 aliphatic heterocycles. The molecule has 0 amide bonds. The number of thiophene rings is 1. The van der Waals surface area contributed by atoms with E-state index in [1.54, 1.807) is 11.3 Å². The van der Waals surface area contributed by atoms with E-state index in [0.29, 0.717) is 13.0 Å². The van der Waals surface area contributed by atoms with Crippen LogP contribution in [0.2, 0.25) is 4.34 Å². The van der Waals surface area contributed by atoms with Gasteiger partial charge in [0.2, 0.25) is 0 Å². The van der Waals surface area contributed by atoms with Crippen molar-refractivity contribution in [3.05, 3.63) is 20.8 Å². The molecular formula is C13H17ClF3NS. The fourth-order valence-electron chi connectivity index (χ4n) is 2.46. The molecule has 6 heteroatoms. The number of alkyl halides is 3. The summed E-state index contributed by atoms with van der Waals surface area (Å²) in [5, 5.41) is 3.36. The van der Waals surface area contributed by atoms with Crippen LogP contribution in [-0.4, -0.2) is 12.7 Å². The van der Waals surface area contributed by atoms with Crippen LogP contribution in [0.25, 0.3) is 0 Å². The number of nitrogens with one attached hydrogen (secondary N) is 1. The molecule has 1 heterocycles. The second-order valence-electron chi connectivity index (χ2n) is 4.90. The van der Waals surface area contributed by atoms with E-state index in [1.165, 1.54) is 10.4 Å². The summed E-state index contributed by atoms with van der Waals surface area (Å²) in [4.78, 5) is 1.32. The summed E-state index contributed by atoms with van der Waals surface area (Å²) in [6.07, 6.45) is -0.736. The maximum absolute atomic E-state index is 12.0. The first-order chi connectivity index (χ1) is 8.96. The van der Waals surface area contributed by atoms with Gasteiger partial charge in [-0.3, -0.25) is 0 Å². The lowest BCUT2D eigenvalue weighted by molar-refractivity contribution is -0.135. The molecular weight excluding hydrogens is 295 g/mol. The monoisotopic (exact) mass is 311 g/mol. The van der Waals surface area contributed by atoms with Gasteiger partial charge in [0, 0.05) is 17.3 Å². The molecule has 0 bridgehead atoms. The van der Waals surface area contributed by atoms with Crippen LogP contribution < -0.4 is 5.32 Å². The third-order valence-electron chi connectivity index (χ3n) is 3.36. The van der Waals surface area contributed by atoms with E-state index < -0.39 is 12.6 Å². The predicted molar refractivity (Wildman–Crippen MR) is 72.9 cm³/mol. The Labute approximate surface area is 120 Å². The first-order valence-corrected chi connectivity index (χ1v) is 7.73. The normalized spacial score (nSPS) is 19.5. The molecule has 1 aromatic heterocycles. The summed E-state index contributed by atoms with van der Waals surface area (Å²) >= 11 is 7.63. The topological polar surface area (TPSA) is 12.0 Å². The lowest BCUT2D eigenvalue weighted by Gasteiger charge is -2.23. The molecule has 1 aliphatic carbocycles. The highest BCUT2D eigenvalue weighted by Gasteiger charge is 2.26. The Balaban J connectivity index is 1.75. The minimum atomic E-state index is -4.03. The number of hydrogen-bond acceptors (Lipinski definition) is 2. The van der Waals surface area contributed by atoms with Crippen LogP contribution in [-0.2, 0) is 6.42 Å². The fourth-order valence-corrected chi connectivity index (χ4v) is 3.84. The SMILES string of the molecule is FC(F)(F)CCCCNC1CCCc2sc(Cl)cc21. The van der Waals surface area contributed by atoms with E-state index in [9.17, 15) is 13.2 Å². The second-order valence-corrected chi connectivity index (χ2v) is 6.67. The molecule has 1 atom stereocenters. The van der Waals surface area contributed by atoms with Gasteiger partial charge in [-0.1, -0.05) is 11.6 Å². The summed E-state index contributed by atoms with van der Waals surface area (Å²) < 4.78 is 36.8.